The Morgan fingerprint density at radius 2 is 2.19 bits per heavy atom. The Morgan fingerprint density at radius 1 is 1.44 bits per heavy atom. The van der Waals surface area contributed by atoms with Crippen LogP contribution in [-0.4, -0.2) is 17.4 Å². The molecule has 0 bridgehead atoms. The van der Waals surface area contributed by atoms with Crippen LogP contribution in [0, 0.1) is 6.92 Å². The molecule has 0 fully saturated rings. The van der Waals surface area contributed by atoms with E-state index in [-0.39, 0.29) is 4.88 Å². The molecular weight excluding hydrogens is 244 g/mol. The molecule has 2 rings (SSSR count). The van der Waals surface area contributed by atoms with Crippen LogP contribution in [-0.2, 0) is 0 Å². The van der Waals surface area contributed by atoms with E-state index in [4.69, 9.17) is 5.11 Å². The van der Waals surface area contributed by atoms with Gasteiger partial charge in [0.05, 0.1) is 4.88 Å². The van der Waals surface area contributed by atoms with Crippen LogP contribution in [0.15, 0.2) is 17.5 Å². The number of aldehydes is 1. The molecule has 2 heterocycles. The van der Waals surface area contributed by atoms with Crippen LogP contribution in [0.1, 0.15) is 24.2 Å². The molecule has 0 spiro atoms. The molecule has 0 saturated carbocycles. The van der Waals surface area contributed by atoms with Gasteiger partial charge in [-0.15, -0.1) is 22.7 Å². The van der Waals surface area contributed by atoms with Crippen molar-refractivity contribution in [2.24, 2.45) is 0 Å². The lowest BCUT2D eigenvalue weighted by Gasteiger charge is -1.97. The minimum Gasteiger partial charge on any atom is -0.477 e. The van der Waals surface area contributed by atoms with Gasteiger partial charge in [-0.2, -0.15) is 0 Å². The van der Waals surface area contributed by atoms with E-state index in [1.807, 2.05) is 13.0 Å². The summed E-state index contributed by atoms with van der Waals surface area (Å²) in [5, 5.41) is 10.7. The summed E-state index contributed by atoms with van der Waals surface area (Å²) in [7, 11) is 0. The van der Waals surface area contributed by atoms with Crippen LogP contribution in [0.3, 0.4) is 0 Å². The number of aryl methyl sites for hydroxylation is 1. The molecule has 0 amide bonds. The third-order valence-corrected chi connectivity index (χ3v) is 4.02. The Kier molecular flexibility index (Phi) is 2.89. The fourth-order valence-electron chi connectivity index (χ4n) is 1.52. The summed E-state index contributed by atoms with van der Waals surface area (Å²) in [6.07, 6.45) is 0.774. The first kappa shape index (κ1) is 11.0. The van der Waals surface area contributed by atoms with Crippen molar-refractivity contribution >= 4 is 34.9 Å². The molecule has 0 radical (unpaired) electrons. The summed E-state index contributed by atoms with van der Waals surface area (Å²) in [6.45, 7) is 1.90. The topological polar surface area (TPSA) is 54.4 Å². The number of hydrogen-bond acceptors (Lipinski definition) is 4. The van der Waals surface area contributed by atoms with E-state index in [1.165, 1.54) is 22.7 Å². The molecular formula is C11H8O3S2. The Labute approximate surface area is 100.0 Å². The first-order chi connectivity index (χ1) is 7.63. The quantitative estimate of drug-likeness (QED) is 0.853. The van der Waals surface area contributed by atoms with Gasteiger partial charge in [0.2, 0.25) is 0 Å². The third kappa shape index (κ3) is 1.79. The first-order valence-corrected chi connectivity index (χ1v) is 6.20. The molecule has 5 heteroatoms. The lowest BCUT2D eigenvalue weighted by Crippen LogP contribution is -1.94. The van der Waals surface area contributed by atoms with Crippen LogP contribution in [0.5, 0.6) is 0 Å². The SMILES string of the molecule is Cc1cc(-c2ccsc2C(=O)O)c(C=O)s1. The number of thiophene rings is 2. The summed E-state index contributed by atoms with van der Waals surface area (Å²) >= 11 is 2.55. The number of rotatable bonds is 3. The van der Waals surface area contributed by atoms with Crippen molar-refractivity contribution in [3.05, 3.63) is 32.1 Å². The van der Waals surface area contributed by atoms with Crippen LogP contribution >= 0.6 is 22.7 Å². The zero-order chi connectivity index (χ0) is 11.7. The standard InChI is InChI=1S/C11H8O3S2/c1-6-4-8(9(5-12)16-6)7-2-3-15-10(7)11(13)14/h2-5H,1H3,(H,13,14). The van der Waals surface area contributed by atoms with Gasteiger partial charge in [-0.25, -0.2) is 4.79 Å². The van der Waals surface area contributed by atoms with E-state index < -0.39 is 5.97 Å². The minimum absolute atomic E-state index is 0.279. The predicted octanol–water partition coefficient (Wildman–Crippen LogP) is 3.30. The molecule has 0 aliphatic rings. The number of carboxylic acid groups (broad SMARTS) is 1. The monoisotopic (exact) mass is 252 g/mol. The highest BCUT2D eigenvalue weighted by Gasteiger charge is 2.17. The summed E-state index contributed by atoms with van der Waals surface area (Å²) in [6, 6.07) is 3.59. The lowest BCUT2D eigenvalue weighted by molar-refractivity contribution is 0.0702. The maximum Gasteiger partial charge on any atom is 0.346 e. The average molecular weight is 252 g/mol. The Balaban J connectivity index is 2.62. The predicted molar refractivity (Wildman–Crippen MR) is 64.7 cm³/mol. The second-order valence-corrected chi connectivity index (χ2v) is 5.43. The van der Waals surface area contributed by atoms with Crippen LogP contribution in [0.4, 0.5) is 0 Å². The van der Waals surface area contributed by atoms with Gasteiger partial charge in [-0.1, -0.05) is 0 Å². The average Bonchev–Trinajstić information content (AvgIpc) is 2.82. The van der Waals surface area contributed by atoms with Crippen molar-refractivity contribution < 1.29 is 14.7 Å². The summed E-state index contributed by atoms with van der Waals surface area (Å²) in [5.41, 5.74) is 1.35. The van der Waals surface area contributed by atoms with Gasteiger partial charge in [0.15, 0.2) is 6.29 Å². The number of carbonyl (C=O) groups excluding carboxylic acids is 1. The van der Waals surface area contributed by atoms with Crippen molar-refractivity contribution in [1.29, 1.82) is 0 Å². The summed E-state index contributed by atoms with van der Waals surface area (Å²) in [4.78, 5) is 23.7. The largest absolute Gasteiger partial charge is 0.477 e. The zero-order valence-corrected chi connectivity index (χ0v) is 10.0. The Hall–Kier alpha value is -1.46. The van der Waals surface area contributed by atoms with Crippen LogP contribution < -0.4 is 0 Å². The zero-order valence-electron chi connectivity index (χ0n) is 8.39. The maximum atomic E-state index is 11.0. The van der Waals surface area contributed by atoms with E-state index >= 15 is 0 Å². The van der Waals surface area contributed by atoms with Crippen LogP contribution in [0.2, 0.25) is 0 Å². The molecule has 2 aromatic heterocycles. The summed E-state index contributed by atoms with van der Waals surface area (Å²) in [5.74, 6) is -0.953. The first-order valence-electron chi connectivity index (χ1n) is 4.50. The van der Waals surface area contributed by atoms with Crippen molar-refractivity contribution in [3.63, 3.8) is 0 Å². The van der Waals surface area contributed by atoms with Gasteiger partial charge in [0.1, 0.15) is 4.88 Å². The molecule has 2 aromatic rings. The van der Waals surface area contributed by atoms with Crippen molar-refractivity contribution in [1.82, 2.24) is 0 Å². The molecule has 0 aliphatic heterocycles. The van der Waals surface area contributed by atoms with Crippen molar-refractivity contribution in [3.8, 4) is 11.1 Å². The van der Waals surface area contributed by atoms with Gasteiger partial charge < -0.3 is 5.11 Å². The second-order valence-electron chi connectivity index (χ2n) is 3.22. The third-order valence-electron chi connectivity index (χ3n) is 2.14. The number of carbonyl (C=O) groups is 2. The second kappa shape index (κ2) is 4.19. The van der Waals surface area contributed by atoms with Gasteiger partial charge in [-0.3, -0.25) is 4.79 Å². The molecule has 16 heavy (non-hydrogen) atoms. The van der Waals surface area contributed by atoms with Gasteiger partial charge in [0.25, 0.3) is 0 Å². The number of hydrogen-bond donors (Lipinski definition) is 1. The molecule has 3 nitrogen and oxygen atoms in total. The number of carboxylic acids is 1. The highest BCUT2D eigenvalue weighted by molar-refractivity contribution is 7.14. The Bertz CT molecular complexity index is 551. The van der Waals surface area contributed by atoms with E-state index in [1.54, 1.807) is 11.4 Å². The highest BCUT2D eigenvalue weighted by Crippen LogP contribution is 2.34. The van der Waals surface area contributed by atoms with Gasteiger partial charge in [-0.05, 0) is 24.4 Å². The summed E-state index contributed by atoms with van der Waals surface area (Å²) < 4.78 is 0. The molecule has 0 saturated heterocycles. The molecule has 0 unspecified atom stereocenters. The Morgan fingerprint density at radius 3 is 2.81 bits per heavy atom. The lowest BCUT2D eigenvalue weighted by atomic mass is 10.1. The highest BCUT2D eigenvalue weighted by atomic mass is 32.1. The van der Waals surface area contributed by atoms with Crippen LogP contribution in [0.25, 0.3) is 11.1 Å². The fourth-order valence-corrected chi connectivity index (χ4v) is 3.11. The van der Waals surface area contributed by atoms with Crippen molar-refractivity contribution in [2.75, 3.05) is 0 Å². The maximum absolute atomic E-state index is 11.0. The molecule has 0 aromatic carbocycles. The number of aromatic carboxylic acids is 1. The molecule has 82 valence electrons. The fraction of sp³-hybridized carbons (Fsp3) is 0.0909. The van der Waals surface area contributed by atoms with Gasteiger partial charge >= 0.3 is 5.97 Å². The molecule has 0 atom stereocenters. The van der Waals surface area contributed by atoms with Gasteiger partial charge in [0, 0.05) is 16.0 Å². The normalized spacial score (nSPS) is 10.3. The molecule has 1 N–H and O–H groups in total. The smallest absolute Gasteiger partial charge is 0.346 e. The minimum atomic E-state index is -0.953. The van der Waals surface area contributed by atoms with E-state index in [0.29, 0.717) is 10.4 Å². The van der Waals surface area contributed by atoms with E-state index in [0.717, 1.165) is 16.7 Å². The van der Waals surface area contributed by atoms with Crippen molar-refractivity contribution in [2.45, 2.75) is 6.92 Å². The molecule has 0 aliphatic carbocycles. The van der Waals surface area contributed by atoms with E-state index in [2.05, 4.69) is 0 Å². The van der Waals surface area contributed by atoms with E-state index in [9.17, 15) is 9.59 Å².